The van der Waals surface area contributed by atoms with Gasteiger partial charge in [-0.25, -0.2) is 4.79 Å². The standard InChI is InChI=1S/C9H12N2O3S/c1-10-5-7(12)11-6-3-4-15-8(6)9(13)14-2/h3-4,10H,5H2,1-2H3,(H,11,12). The summed E-state index contributed by atoms with van der Waals surface area (Å²) in [7, 11) is 2.98. The first-order valence-electron chi connectivity index (χ1n) is 4.29. The second-order valence-electron chi connectivity index (χ2n) is 2.73. The quantitative estimate of drug-likeness (QED) is 0.744. The van der Waals surface area contributed by atoms with Gasteiger partial charge in [0.15, 0.2) is 0 Å². The van der Waals surface area contributed by atoms with E-state index in [-0.39, 0.29) is 12.5 Å². The zero-order chi connectivity index (χ0) is 11.3. The predicted molar refractivity (Wildman–Crippen MR) is 58.2 cm³/mol. The lowest BCUT2D eigenvalue weighted by atomic mass is 10.4. The van der Waals surface area contributed by atoms with Gasteiger partial charge in [0.25, 0.3) is 0 Å². The number of likely N-dealkylation sites (N-methyl/N-ethyl adjacent to an activating group) is 1. The molecule has 0 saturated heterocycles. The fourth-order valence-corrected chi connectivity index (χ4v) is 1.78. The van der Waals surface area contributed by atoms with Gasteiger partial charge in [0, 0.05) is 0 Å². The van der Waals surface area contributed by atoms with E-state index in [1.807, 2.05) is 0 Å². The summed E-state index contributed by atoms with van der Waals surface area (Å²) in [6.07, 6.45) is 0. The lowest BCUT2D eigenvalue weighted by Crippen LogP contribution is -2.25. The van der Waals surface area contributed by atoms with Crippen LogP contribution in [0.3, 0.4) is 0 Å². The zero-order valence-electron chi connectivity index (χ0n) is 8.49. The molecule has 0 aliphatic heterocycles. The smallest absolute Gasteiger partial charge is 0.350 e. The lowest BCUT2D eigenvalue weighted by Gasteiger charge is -2.04. The maximum absolute atomic E-state index is 11.3. The SMILES string of the molecule is CNCC(=O)Nc1ccsc1C(=O)OC. The molecule has 0 aliphatic rings. The number of hydrogen-bond donors (Lipinski definition) is 2. The Morgan fingerprint density at radius 2 is 2.27 bits per heavy atom. The summed E-state index contributed by atoms with van der Waals surface area (Å²) in [5, 5.41) is 7.06. The third-order valence-corrected chi connectivity index (χ3v) is 2.54. The van der Waals surface area contributed by atoms with Crippen molar-refractivity contribution in [3.05, 3.63) is 16.3 Å². The van der Waals surface area contributed by atoms with E-state index < -0.39 is 5.97 Å². The average molecular weight is 228 g/mol. The van der Waals surface area contributed by atoms with Crippen LogP contribution in [0, 0.1) is 0 Å². The first-order valence-corrected chi connectivity index (χ1v) is 5.17. The topological polar surface area (TPSA) is 67.4 Å². The summed E-state index contributed by atoms with van der Waals surface area (Å²) >= 11 is 1.23. The van der Waals surface area contributed by atoms with Gasteiger partial charge < -0.3 is 15.4 Å². The molecule has 15 heavy (non-hydrogen) atoms. The molecule has 0 aliphatic carbocycles. The van der Waals surface area contributed by atoms with Crippen LogP contribution in [0.1, 0.15) is 9.67 Å². The molecular weight excluding hydrogens is 216 g/mol. The van der Waals surface area contributed by atoms with Gasteiger partial charge in [0.05, 0.1) is 19.3 Å². The summed E-state index contributed by atoms with van der Waals surface area (Å²) in [5.41, 5.74) is 0.493. The third-order valence-electron chi connectivity index (χ3n) is 1.65. The van der Waals surface area contributed by atoms with Gasteiger partial charge >= 0.3 is 5.97 Å². The van der Waals surface area contributed by atoms with Crippen molar-refractivity contribution in [1.82, 2.24) is 5.32 Å². The van der Waals surface area contributed by atoms with Crippen LogP contribution in [0.4, 0.5) is 5.69 Å². The van der Waals surface area contributed by atoms with Crippen molar-refractivity contribution in [2.45, 2.75) is 0 Å². The van der Waals surface area contributed by atoms with E-state index in [1.165, 1.54) is 18.4 Å². The van der Waals surface area contributed by atoms with Gasteiger partial charge in [0.2, 0.25) is 5.91 Å². The molecule has 0 spiro atoms. The molecule has 0 radical (unpaired) electrons. The van der Waals surface area contributed by atoms with Crippen molar-refractivity contribution in [2.75, 3.05) is 26.0 Å². The molecular formula is C9H12N2O3S. The van der Waals surface area contributed by atoms with Gasteiger partial charge in [-0.3, -0.25) is 4.79 Å². The Morgan fingerprint density at radius 1 is 1.53 bits per heavy atom. The number of carbonyl (C=O) groups excluding carboxylic acids is 2. The molecule has 1 heterocycles. The normalized spacial score (nSPS) is 9.73. The molecule has 0 atom stereocenters. The van der Waals surface area contributed by atoms with Crippen molar-refractivity contribution in [2.24, 2.45) is 0 Å². The molecule has 82 valence electrons. The molecule has 6 heteroatoms. The van der Waals surface area contributed by atoms with Crippen LogP contribution < -0.4 is 10.6 Å². The predicted octanol–water partition coefficient (Wildman–Crippen LogP) is 0.693. The van der Waals surface area contributed by atoms with Crippen molar-refractivity contribution < 1.29 is 14.3 Å². The number of esters is 1. The molecule has 1 amide bonds. The van der Waals surface area contributed by atoms with Gasteiger partial charge in [-0.1, -0.05) is 0 Å². The maximum atomic E-state index is 11.3. The Kier molecular flexibility index (Phi) is 4.26. The fraction of sp³-hybridized carbons (Fsp3) is 0.333. The number of carbonyl (C=O) groups is 2. The number of hydrogen-bond acceptors (Lipinski definition) is 5. The molecule has 1 rings (SSSR count). The van der Waals surface area contributed by atoms with Crippen molar-refractivity contribution >= 4 is 28.9 Å². The van der Waals surface area contributed by atoms with E-state index in [1.54, 1.807) is 18.5 Å². The Balaban J connectivity index is 2.73. The molecule has 1 aromatic heterocycles. The van der Waals surface area contributed by atoms with Gasteiger partial charge in [-0.2, -0.15) is 0 Å². The van der Waals surface area contributed by atoms with E-state index in [2.05, 4.69) is 15.4 Å². The van der Waals surface area contributed by atoms with E-state index in [4.69, 9.17) is 0 Å². The average Bonchev–Trinajstić information content (AvgIpc) is 2.65. The number of amides is 1. The van der Waals surface area contributed by atoms with E-state index in [0.29, 0.717) is 10.6 Å². The van der Waals surface area contributed by atoms with Gasteiger partial charge in [-0.15, -0.1) is 11.3 Å². The first kappa shape index (κ1) is 11.7. The van der Waals surface area contributed by atoms with Crippen molar-refractivity contribution in [1.29, 1.82) is 0 Å². The first-order chi connectivity index (χ1) is 7.19. The molecule has 2 N–H and O–H groups in total. The third kappa shape index (κ3) is 3.03. The van der Waals surface area contributed by atoms with Crippen molar-refractivity contribution in [3.8, 4) is 0 Å². The van der Waals surface area contributed by atoms with Crippen LogP contribution in [0.15, 0.2) is 11.4 Å². The summed E-state index contributed by atoms with van der Waals surface area (Å²) in [6.45, 7) is 0.205. The Bertz CT molecular complexity index is 362. The molecule has 0 unspecified atom stereocenters. The van der Waals surface area contributed by atoms with E-state index in [0.717, 1.165) is 0 Å². The Labute approximate surface area is 91.4 Å². The number of ether oxygens (including phenoxy) is 1. The lowest BCUT2D eigenvalue weighted by molar-refractivity contribution is -0.115. The number of methoxy groups -OCH3 is 1. The summed E-state index contributed by atoms with van der Waals surface area (Å²) < 4.78 is 4.58. The molecule has 0 aromatic carbocycles. The Hall–Kier alpha value is -1.40. The number of thiophene rings is 1. The number of rotatable bonds is 4. The minimum atomic E-state index is -0.440. The van der Waals surface area contributed by atoms with Crippen LogP contribution in [0.2, 0.25) is 0 Å². The van der Waals surface area contributed by atoms with Crippen LogP contribution >= 0.6 is 11.3 Å². The van der Waals surface area contributed by atoms with Crippen LogP contribution in [-0.2, 0) is 9.53 Å². The molecule has 0 bridgehead atoms. The van der Waals surface area contributed by atoms with Gasteiger partial charge in [-0.05, 0) is 18.5 Å². The molecule has 0 saturated carbocycles. The summed E-state index contributed by atoms with van der Waals surface area (Å²) in [5.74, 6) is -0.634. The van der Waals surface area contributed by atoms with Crippen LogP contribution in [-0.4, -0.2) is 32.6 Å². The summed E-state index contributed by atoms with van der Waals surface area (Å²) in [4.78, 5) is 22.9. The summed E-state index contributed by atoms with van der Waals surface area (Å²) in [6, 6.07) is 1.67. The minimum absolute atomic E-state index is 0.193. The largest absolute Gasteiger partial charge is 0.465 e. The van der Waals surface area contributed by atoms with E-state index >= 15 is 0 Å². The highest BCUT2D eigenvalue weighted by atomic mass is 32.1. The van der Waals surface area contributed by atoms with Gasteiger partial charge in [0.1, 0.15) is 4.88 Å². The van der Waals surface area contributed by atoms with E-state index in [9.17, 15) is 9.59 Å². The van der Waals surface area contributed by atoms with Crippen LogP contribution in [0.5, 0.6) is 0 Å². The van der Waals surface area contributed by atoms with Crippen molar-refractivity contribution in [3.63, 3.8) is 0 Å². The zero-order valence-corrected chi connectivity index (χ0v) is 9.31. The minimum Gasteiger partial charge on any atom is -0.465 e. The monoisotopic (exact) mass is 228 g/mol. The molecule has 5 nitrogen and oxygen atoms in total. The highest BCUT2D eigenvalue weighted by molar-refractivity contribution is 7.12. The second-order valence-corrected chi connectivity index (χ2v) is 3.65. The van der Waals surface area contributed by atoms with Crippen LogP contribution in [0.25, 0.3) is 0 Å². The molecule has 1 aromatic rings. The second kappa shape index (κ2) is 5.47. The Morgan fingerprint density at radius 3 is 2.87 bits per heavy atom. The highest BCUT2D eigenvalue weighted by Crippen LogP contribution is 2.22. The highest BCUT2D eigenvalue weighted by Gasteiger charge is 2.14. The maximum Gasteiger partial charge on any atom is 0.350 e. The molecule has 0 fully saturated rings. The fourth-order valence-electron chi connectivity index (χ4n) is 1.01. The number of anilines is 1. The number of nitrogens with one attached hydrogen (secondary N) is 2.